The number of rotatable bonds is 6. The monoisotopic (exact) mass is 333 g/mol. The Bertz CT molecular complexity index is 699. The van der Waals surface area contributed by atoms with E-state index in [0.717, 1.165) is 4.88 Å². The van der Waals surface area contributed by atoms with E-state index in [1.165, 1.54) is 12.1 Å². The lowest BCUT2D eigenvalue weighted by Gasteiger charge is -2.23. The van der Waals surface area contributed by atoms with Crippen LogP contribution in [-0.4, -0.2) is 36.4 Å². The molecule has 0 spiro atoms. The molecule has 0 unspecified atom stereocenters. The molecule has 23 heavy (non-hydrogen) atoms. The number of anilines is 1. The molecule has 2 rings (SSSR count). The molecule has 0 saturated heterocycles. The second-order valence-corrected chi connectivity index (χ2v) is 6.28. The lowest BCUT2D eigenvalue weighted by Crippen LogP contribution is -2.31. The fourth-order valence-corrected chi connectivity index (χ4v) is 3.01. The van der Waals surface area contributed by atoms with Crippen molar-refractivity contribution >= 4 is 28.6 Å². The van der Waals surface area contributed by atoms with E-state index >= 15 is 0 Å². The van der Waals surface area contributed by atoms with Gasteiger partial charge in [-0.1, -0.05) is 6.07 Å². The molecule has 1 aromatic carbocycles. The topological polar surface area (TPSA) is 66.7 Å². The average molecular weight is 333 g/mol. The molecule has 7 heteroatoms. The first-order valence-corrected chi connectivity index (χ1v) is 8.09. The molecule has 0 fully saturated rings. The maximum Gasteiger partial charge on any atom is 0.270 e. The van der Waals surface area contributed by atoms with Crippen molar-refractivity contribution in [2.24, 2.45) is 0 Å². The van der Waals surface area contributed by atoms with Gasteiger partial charge in [-0.3, -0.25) is 14.9 Å². The van der Waals surface area contributed by atoms with Gasteiger partial charge in [-0.25, -0.2) is 0 Å². The highest BCUT2D eigenvalue weighted by Crippen LogP contribution is 2.26. The van der Waals surface area contributed by atoms with Crippen molar-refractivity contribution in [3.05, 3.63) is 56.3 Å². The molecule has 0 radical (unpaired) electrons. The summed E-state index contributed by atoms with van der Waals surface area (Å²) in [4.78, 5) is 28.0. The fourth-order valence-electron chi connectivity index (χ4n) is 2.29. The summed E-state index contributed by atoms with van der Waals surface area (Å²) in [7, 11) is 3.63. The quantitative estimate of drug-likeness (QED) is 0.600. The summed E-state index contributed by atoms with van der Waals surface area (Å²) in [6, 6.07) is 8.30. The van der Waals surface area contributed by atoms with E-state index in [1.54, 1.807) is 27.2 Å². The minimum Gasteiger partial charge on any atom is -0.377 e. The minimum atomic E-state index is -0.480. The number of benzene rings is 1. The number of non-ortho nitro benzene ring substituents is 1. The second-order valence-electron chi connectivity index (χ2n) is 5.25. The number of carbonyl (C=O) groups excluding carboxylic acids is 1. The normalized spacial score (nSPS) is 10.4. The van der Waals surface area contributed by atoms with Crippen molar-refractivity contribution in [1.29, 1.82) is 0 Å². The predicted octanol–water partition coefficient (Wildman–Crippen LogP) is 3.38. The van der Waals surface area contributed by atoms with Crippen LogP contribution in [0.3, 0.4) is 0 Å². The van der Waals surface area contributed by atoms with Crippen LogP contribution in [0.5, 0.6) is 0 Å². The number of nitro benzene ring substituents is 1. The molecule has 0 aliphatic heterocycles. The summed E-state index contributed by atoms with van der Waals surface area (Å²) < 4.78 is 0. The van der Waals surface area contributed by atoms with E-state index in [1.807, 2.05) is 38.5 Å². The summed E-state index contributed by atoms with van der Waals surface area (Å²) in [5.41, 5.74) is 0.943. The van der Waals surface area contributed by atoms with Gasteiger partial charge in [0.2, 0.25) is 0 Å². The molecule has 1 heterocycles. The maximum absolute atomic E-state index is 12.9. The lowest BCUT2D eigenvalue weighted by molar-refractivity contribution is -0.384. The van der Waals surface area contributed by atoms with E-state index in [2.05, 4.69) is 0 Å². The van der Waals surface area contributed by atoms with Gasteiger partial charge in [0, 0.05) is 43.3 Å². The zero-order valence-electron chi connectivity index (χ0n) is 13.4. The molecular weight excluding hydrogens is 314 g/mol. The van der Waals surface area contributed by atoms with Gasteiger partial charge in [0.1, 0.15) is 0 Å². The number of nitrogens with zero attached hydrogens (tertiary/aromatic N) is 3. The molecule has 0 aliphatic rings. The number of thiophene rings is 1. The van der Waals surface area contributed by atoms with Gasteiger partial charge < -0.3 is 9.80 Å². The minimum absolute atomic E-state index is 0.0777. The zero-order chi connectivity index (χ0) is 17.0. The fraction of sp³-hybridized carbons (Fsp3) is 0.312. The van der Waals surface area contributed by atoms with Crippen LogP contribution < -0.4 is 4.90 Å². The molecule has 6 nitrogen and oxygen atoms in total. The summed E-state index contributed by atoms with van der Waals surface area (Å²) in [5.74, 6) is -0.201. The Morgan fingerprint density at radius 2 is 2.04 bits per heavy atom. The van der Waals surface area contributed by atoms with Gasteiger partial charge in [0.15, 0.2) is 0 Å². The van der Waals surface area contributed by atoms with Gasteiger partial charge in [-0.2, -0.15) is 0 Å². The van der Waals surface area contributed by atoms with Crippen molar-refractivity contribution in [1.82, 2.24) is 4.90 Å². The van der Waals surface area contributed by atoms with Crippen molar-refractivity contribution in [2.45, 2.75) is 13.5 Å². The predicted molar refractivity (Wildman–Crippen MR) is 92.2 cm³/mol. The van der Waals surface area contributed by atoms with Gasteiger partial charge in [0.25, 0.3) is 11.6 Å². The van der Waals surface area contributed by atoms with Gasteiger partial charge in [-0.05, 0) is 24.4 Å². The Hall–Kier alpha value is -2.41. The van der Waals surface area contributed by atoms with E-state index in [-0.39, 0.29) is 11.6 Å². The number of amides is 1. The van der Waals surface area contributed by atoms with Gasteiger partial charge in [0.05, 0.1) is 17.0 Å². The average Bonchev–Trinajstić information content (AvgIpc) is 3.04. The third-order valence-corrected chi connectivity index (χ3v) is 4.36. The van der Waals surface area contributed by atoms with E-state index in [9.17, 15) is 14.9 Å². The van der Waals surface area contributed by atoms with Crippen LogP contribution in [0.4, 0.5) is 11.4 Å². The molecule has 0 atom stereocenters. The Morgan fingerprint density at radius 1 is 1.30 bits per heavy atom. The molecule has 122 valence electrons. The standard InChI is InChI=1S/C16H19N3O3S/c1-4-18(11-13-6-5-9-23-13)16(20)14-10-12(19(21)22)7-8-15(14)17(2)3/h5-10H,4,11H2,1-3H3. The molecular formula is C16H19N3O3S. The lowest BCUT2D eigenvalue weighted by atomic mass is 10.1. The van der Waals surface area contributed by atoms with Crippen molar-refractivity contribution in [3.8, 4) is 0 Å². The molecule has 2 aromatic rings. The Balaban J connectivity index is 2.38. The summed E-state index contributed by atoms with van der Waals surface area (Å²) >= 11 is 1.59. The van der Waals surface area contributed by atoms with E-state index < -0.39 is 4.92 Å². The van der Waals surface area contributed by atoms with Crippen molar-refractivity contribution in [3.63, 3.8) is 0 Å². The third-order valence-electron chi connectivity index (χ3n) is 3.50. The Morgan fingerprint density at radius 3 is 2.57 bits per heavy atom. The van der Waals surface area contributed by atoms with Crippen LogP contribution >= 0.6 is 11.3 Å². The summed E-state index contributed by atoms with van der Waals surface area (Å²) in [5, 5.41) is 13.0. The van der Waals surface area contributed by atoms with Crippen LogP contribution in [0, 0.1) is 10.1 Å². The number of hydrogen-bond donors (Lipinski definition) is 0. The third kappa shape index (κ3) is 3.87. The first-order valence-electron chi connectivity index (χ1n) is 7.21. The first-order chi connectivity index (χ1) is 10.9. The van der Waals surface area contributed by atoms with Crippen LogP contribution in [0.1, 0.15) is 22.2 Å². The summed E-state index contributed by atoms with van der Waals surface area (Å²) in [6.45, 7) is 2.94. The highest BCUT2D eigenvalue weighted by atomic mass is 32.1. The van der Waals surface area contributed by atoms with Crippen molar-refractivity contribution < 1.29 is 9.72 Å². The van der Waals surface area contributed by atoms with Crippen LogP contribution in [0.2, 0.25) is 0 Å². The number of carbonyl (C=O) groups is 1. The van der Waals surface area contributed by atoms with Crippen LogP contribution in [0.15, 0.2) is 35.7 Å². The number of hydrogen-bond acceptors (Lipinski definition) is 5. The maximum atomic E-state index is 12.9. The largest absolute Gasteiger partial charge is 0.377 e. The van der Waals surface area contributed by atoms with Crippen LogP contribution in [0.25, 0.3) is 0 Å². The van der Waals surface area contributed by atoms with E-state index in [0.29, 0.717) is 24.3 Å². The Kier molecular flexibility index (Phi) is 5.33. The van der Waals surface area contributed by atoms with E-state index in [4.69, 9.17) is 0 Å². The highest BCUT2D eigenvalue weighted by molar-refractivity contribution is 7.09. The van der Waals surface area contributed by atoms with Gasteiger partial charge in [-0.15, -0.1) is 11.3 Å². The van der Waals surface area contributed by atoms with Crippen molar-refractivity contribution in [2.75, 3.05) is 25.5 Å². The zero-order valence-corrected chi connectivity index (χ0v) is 14.2. The first kappa shape index (κ1) is 17.0. The number of nitro groups is 1. The second kappa shape index (κ2) is 7.23. The van der Waals surface area contributed by atoms with Gasteiger partial charge >= 0.3 is 0 Å². The Labute approximate surface area is 139 Å². The summed E-state index contributed by atoms with van der Waals surface area (Å²) in [6.07, 6.45) is 0. The molecule has 0 N–H and O–H groups in total. The van der Waals surface area contributed by atoms with Crippen LogP contribution in [-0.2, 0) is 6.54 Å². The molecule has 0 saturated carbocycles. The smallest absolute Gasteiger partial charge is 0.270 e. The molecule has 0 bridgehead atoms. The molecule has 0 aliphatic carbocycles. The SMILES string of the molecule is CCN(Cc1cccs1)C(=O)c1cc([N+](=O)[O-])ccc1N(C)C. The molecule has 1 aromatic heterocycles. The highest BCUT2D eigenvalue weighted by Gasteiger charge is 2.22. The molecule has 1 amide bonds.